The highest BCUT2D eigenvalue weighted by Gasteiger charge is 2.53. The largest absolute Gasteiger partial charge is 0.479 e. The number of hydrogen-bond acceptors (Lipinski definition) is 4. The molecule has 4 N–H and O–H groups in total. The molecule has 0 fully saturated rings. The van der Waals surface area contributed by atoms with Gasteiger partial charge in [-0.2, -0.15) is 0 Å². The van der Waals surface area contributed by atoms with Crippen molar-refractivity contribution in [3.05, 3.63) is 0 Å². The van der Waals surface area contributed by atoms with Crippen LogP contribution in [0.15, 0.2) is 0 Å². The highest BCUT2D eigenvalue weighted by Crippen LogP contribution is 2.51. The van der Waals surface area contributed by atoms with Gasteiger partial charge in [-0.3, -0.25) is 4.57 Å². The topological polar surface area (TPSA) is 115 Å². The van der Waals surface area contributed by atoms with Gasteiger partial charge in [-0.25, -0.2) is 4.79 Å². The van der Waals surface area contributed by atoms with E-state index in [1.807, 2.05) is 0 Å². The van der Waals surface area contributed by atoms with Crippen LogP contribution in [0, 0.1) is 0 Å². The molecule has 0 spiro atoms. The van der Waals surface area contributed by atoms with Crippen molar-refractivity contribution in [2.75, 3.05) is 27.2 Å². The normalized spacial score (nSPS) is 16.3. The van der Waals surface area contributed by atoms with Gasteiger partial charge < -0.3 is 24.5 Å². The minimum Gasteiger partial charge on any atom is -0.479 e. The Hall–Kier alpha value is -0.370. The van der Waals surface area contributed by atoms with Crippen molar-refractivity contribution in [2.24, 2.45) is 0 Å². The molecule has 0 radical (unpaired) electrons. The van der Waals surface area contributed by atoms with Crippen molar-refractivity contribution < 1.29 is 33.8 Å². The van der Waals surface area contributed by atoms with Crippen LogP contribution < -0.4 is 0 Å². The lowest BCUT2D eigenvalue weighted by atomic mass is 10.2. The third kappa shape index (κ3) is 4.42. The SMILES string of the molecule is C[N+](C)(CC=S)CCC(O)(C(=O)O)P(=O)(O)O. The van der Waals surface area contributed by atoms with Crippen molar-refractivity contribution in [1.29, 1.82) is 0 Å². The molecule has 0 saturated heterocycles. The summed E-state index contributed by atoms with van der Waals surface area (Å²) in [5.74, 6) is -1.92. The molecule has 0 saturated carbocycles. The molecule has 9 heteroatoms. The van der Waals surface area contributed by atoms with Crippen LogP contribution >= 0.6 is 19.8 Å². The van der Waals surface area contributed by atoms with Crippen LogP contribution in [-0.2, 0) is 9.36 Å². The minimum absolute atomic E-state index is 0.0705. The molecule has 7 nitrogen and oxygen atoms in total. The number of carboxylic acids is 1. The number of carboxylic acid groups (broad SMARTS) is 1. The molecule has 1 unspecified atom stereocenters. The summed E-state index contributed by atoms with van der Waals surface area (Å²) in [5, 5.41) is 16.7. The van der Waals surface area contributed by atoms with Gasteiger partial charge >= 0.3 is 13.6 Å². The van der Waals surface area contributed by atoms with Crippen LogP contribution in [0.3, 0.4) is 0 Å². The molecule has 0 aliphatic carbocycles. The summed E-state index contributed by atoms with van der Waals surface area (Å²) in [4.78, 5) is 28.5. The predicted molar refractivity (Wildman–Crippen MR) is 64.7 cm³/mol. The molecule has 0 aromatic carbocycles. The first-order valence-corrected chi connectivity index (χ1v) is 6.82. The number of quaternary nitrogens is 1. The Morgan fingerprint density at radius 1 is 1.47 bits per heavy atom. The molecule has 1 atom stereocenters. The lowest BCUT2D eigenvalue weighted by Gasteiger charge is -2.32. The first-order chi connectivity index (χ1) is 7.46. The van der Waals surface area contributed by atoms with Gasteiger partial charge in [-0.05, 0) is 0 Å². The standard InChI is InChI=1S/C8H16NO6PS/c1-9(2,5-6-17)4-3-8(12,7(10)11)16(13,14)15/h6,12H,3-5H2,1-2H3,(H2-,10,11,13,14,15)/p+1. The summed E-state index contributed by atoms with van der Waals surface area (Å²) in [7, 11) is -1.71. The number of nitrogens with zero attached hydrogens (tertiary/aromatic N) is 1. The van der Waals surface area contributed by atoms with Gasteiger partial charge in [0.1, 0.15) is 6.54 Å². The molecule has 0 heterocycles. The van der Waals surface area contributed by atoms with Gasteiger partial charge in [-0.1, -0.05) is 12.2 Å². The second kappa shape index (κ2) is 5.51. The third-order valence-corrected chi connectivity index (χ3v) is 3.99. The molecule has 100 valence electrons. The molecule has 0 bridgehead atoms. The number of rotatable bonds is 7. The smallest absolute Gasteiger partial charge is 0.368 e. The summed E-state index contributed by atoms with van der Waals surface area (Å²) in [6.07, 6.45) is -0.553. The maximum atomic E-state index is 11.0. The fourth-order valence-electron chi connectivity index (χ4n) is 1.13. The maximum absolute atomic E-state index is 11.0. The molecule has 0 aliphatic heterocycles. The Labute approximate surface area is 104 Å². The lowest BCUT2D eigenvalue weighted by molar-refractivity contribution is -0.881. The van der Waals surface area contributed by atoms with E-state index in [0.29, 0.717) is 6.54 Å². The van der Waals surface area contributed by atoms with E-state index >= 15 is 0 Å². The van der Waals surface area contributed by atoms with E-state index in [4.69, 9.17) is 14.9 Å². The summed E-state index contributed by atoms with van der Waals surface area (Å²) >= 11 is 4.66. The van der Waals surface area contributed by atoms with Crippen molar-refractivity contribution in [3.63, 3.8) is 0 Å². The zero-order valence-electron chi connectivity index (χ0n) is 9.61. The Kier molecular flexibility index (Phi) is 5.39. The number of carbonyl (C=O) groups is 1. The fourth-order valence-corrected chi connectivity index (χ4v) is 2.17. The summed E-state index contributed by atoms with van der Waals surface area (Å²) in [5.41, 5.74) is 0. The first kappa shape index (κ1) is 16.6. The van der Waals surface area contributed by atoms with Gasteiger partial charge in [-0.15, -0.1) is 0 Å². The number of aliphatic hydroxyl groups is 1. The molecule has 0 rings (SSSR count). The quantitative estimate of drug-likeness (QED) is 0.281. The first-order valence-electron chi connectivity index (χ1n) is 4.73. The Morgan fingerprint density at radius 2 is 1.94 bits per heavy atom. The lowest BCUT2D eigenvalue weighted by Crippen LogP contribution is -2.47. The highest BCUT2D eigenvalue weighted by atomic mass is 32.1. The summed E-state index contributed by atoms with van der Waals surface area (Å²) < 4.78 is 11.2. The third-order valence-electron chi connectivity index (χ3n) is 2.46. The average molecular weight is 286 g/mol. The number of hydrogen-bond donors (Lipinski definition) is 4. The molecule has 0 aromatic heterocycles. The molecular weight excluding hydrogens is 269 g/mol. The predicted octanol–water partition coefficient (Wildman–Crippen LogP) is -0.597. The van der Waals surface area contributed by atoms with Crippen LogP contribution in [-0.4, -0.2) is 68.3 Å². The molecule has 0 amide bonds. The monoisotopic (exact) mass is 286 g/mol. The van der Waals surface area contributed by atoms with E-state index < -0.39 is 25.3 Å². The molecule has 0 aliphatic rings. The van der Waals surface area contributed by atoms with Crippen LogP contribution in [0.4, 0.5) is 0 Å². The van der Waals surface area contributed by atoms with Crippen molar-refractivity contribution in [2.45, 2.75) is 11.8 Å². The zero-order chi connectivity index (χ0) is 13.9. The highest BCUT2D eigenvalue weighted by molar-refractivity contribution is 7.79. The van der Waals surface area contributed by atoms with E-state index in [0.717, 1.165) is 0 Å². The minimum atomic E-state index is -5.14. The molecule has 17 heavy (non-hydrogen) atoms. The average Bonchev–Trinajstić information content (AvgIpc) is 2.12. The van der Waals surface area contributed by atoms with Crippen LogP contribution in [0.2, 0.25) is 0 Å². The summed E-state index contributed by atoms with van der Waals surface area (Å²) in [6, 6.07) is 0. The van der Waals surface area contributed by atoms with Gasteiger partial charge in [0.2, 0.25) is 0 Å². The Bertz CT molecular complexity index is 354. The van der Waals surface area contributed by atoms with E-state index in [-0.39, 0.29) is 11.0 Å². The van der Waals surface area contributed by atoms with E-state index in [9.17, 15) is 14.5 Å². The van der Waals surface area contributed by atoms with Gasteiger partial charge in [0.05, 0.1) is 20.6 Å². The van der Waals surface area contributed by atoms with Crippen LogP contribution in [0.25, 0.3) is 0 Å². The van der Waals surface area contributed by atoms with Crippen molar-refractivity contribution in [3.8, 4) is 0 Å². The van der Waals surface area contributed by atoms with Crippen LogP contribution in [0.1, 0.15) is 6.42 Å². The number of aliphatic carboxylic acids is 1. The molecular formula is C8H17NO6PS+. The molecule has 0 aromatic rings. The number of thiocarbonyl (C=S) groups is 1. The second-order valence-corrected chi connectivity index (χ2v) is 6.59. The summed E-state index contributed by atoms with van der Waals surface area (Å²) in [6.45, 7) is 0.493. The van der Waals surface area contributed by atoms with Crippen molar-refractivity contribution >= 4 is 31.2 Å². The second-order valence-electron chi connectivity index (χ2n) is 4.42. The van der Waals surface area contributed by atoms with Crippen molar-refractivity contribution in [1.82, 2.24) is 0 Å². The van der Waals surface area contributed by atoms with Gasteiger partial charge in [0.25, 0.3) is 5.34 Å². The van der Waals surface area contributed by atoms with E-state index in [1.165, 1.54) is 5.37 Å². The Balaban J connectivity index is 4.89. The van der Waals surface area contributed by atoms with E-state index in [1.54, 1.807) is 14.1 Å². The maximum Gasteiger partial charge on any atom is 0.368 e. The zero-order valence-corrected chi connectivity index (χ0v) is 11.3. The van der Waals surface area contributed by atoms with Gasteiger partial charge in [0.15, 0.2) is 0 Å². The van der Waals surface area contributed by atoms with Gasteiger partial charge in [0, 0.05) is 11.8 Å². The van der Waals surface area contributed by atoms with E-state index in [2.05, 4.69) is 12.2 Å². The fraction of sp³-hybridized carbons (Fsp3) is 0.750. The Morgan fingerprint density at radius 3 is 2.24 bits per heavy atom. The van der Waals surface area contributed by atoms with Crippen LogP contribution in [0.5, 0.6) is 0 Å².